The number of hydrogen-bond acceptors (Lipinski definition) is 2. The molecule has 1 saturated carbocycles. The van der Waals surface area contributed by atoms with Gasteiger partial charge in [-0.2, -0.15) is 0 Å². The Balaban J connectivity index is 2.59. The molecule has 0 amide bonds. The maximum absolute atomic E-state index is 11.0. The molecule has 1 aliphatic carbocycles. The van der Waals surface area contributed by atoms with E-state index in [1.165, 1.54) is 0 Å². The van der Waals surface area contributed by atoms with E-state index in [2.05, 4.69) is 26.1 Å². The van der Waals surface area contributed by atoms with Gasteiger partial charge in [-0.1, -0.05) is 12.8 Å². The van der Waals surface area contributed by atoms with Gasteiger partial charge in [-0.25, -0.2) is 0 Å². The molecule has 1 aliphatic rings. The van der Waals surface area contributed by atoms with Crippen molar-refractivity contribution in [1.29, 1.82) is 0 Å². The first-order valence-corrected chi connectivity index (χ1v) is 5.40. The summed E-state index contributed by atoms with van der Waals surface area (Å²) < 4.78 is 0. The molecular weight excluding hydrogens is 178 g/mol. The third-order valence-electron chi connectivity index (χ3n) is 2.70. The van der Waals surface area contributed by atoms with Crippen LogP contribution in [0.1, 0.15) is 46.5 Å². The smallest absolute Gasteiger partial charge is 0.308 e. The predicted molar refractivity (Wildman–Crippen MR) is 56.3 cm³/mol. The zero-order chi connectivity index (χ0) is 10.8. The van der Waals surface area contributed by atoms with E-state index in [4.69, 9.17) is 5.11 Å². The van der Waals surface area contributed by atoms with Gasteiger partial charge in [0.15, 0.2) is 0 Å². The molecule has 0 aliphatic heterocycles. The van der Waals surface area contributed by atoms with Crippen LogP contribution < -0.4 is 5.32 Å². The highest BCUT2D eigenvalue weighted by atomic mass is 16.4. The van der Waals surface area contributed by atoms with Crippen LogP contribution in [-0.4, -0.2) is 22.7 Å². The van der Waals surface area contributed by atoms with Crippen molar-refractivity contribution in [3.63, 3.8) is 0 Å². The Morgan fingerprint density at radius 1 is 1.29 bits per heavy atom. The van der Waals surface area contributed by atoms with Gasteiger partial charge in [0, 0.05) is 11.6 Å². The van der Waals surface area contributed by atoms with Gasteiger partial charge in [0.25, 0.3) is 0 Å². The minimum Gasteiger partial charge on any atom is -0.481 e. The first-order valence-electron chi connectivity index (χ1n) is 5.40. The molecule has 0 radical (unpaired) electrons. The lowest BCUT2D eigenvalue weighted by Crippen LogP contribution is -2.50. The molecule has 0 bridgehead atoms. The maximum atomic E-state index is 11.0. The molecule has 14 heavy (non-hydrogen) atoms. The number of carbonyl (C=O) groups is 1. The molecular formula is C11H21NO2. The minimum atomic E-state index is -0.647. The average molecular weight is 199 g/mol. The third-order valence-corrected chi connectivity index (χ3v) is 2.70. The molecule has 0 aromatic rings. The van der Waals surface area contributed by atoms with E-state index >= 15 is 0 Å². The van der Waals surface area contributed by atoms with Crippen molar-refractivity contribution in [2.45, 2.75) is 58.0 Å². The van der Waals surface area contributed by atoms with Gasteiger partial charge in [0.2, 0.25) is 0 Å². The first kappa shape index (κ1) is 11.5. The molecule has 0 spiro atoms. The second-order valence-corrected chi connectivity index (χ2v) is 5.23. The fourth-order valence-electron chi connectivity index (χ4n) is 2.16. The van der Waals surface area contributed by atoms with Crippen molar-refractivity contribution in [1.82, 2.24) is 5.32 Å². The van der Waals surface area contributed by atoms with Crippen LogP contribution in [0.3, 0.4) is 0 Å². The van der Waals surface area contributed by atoms with Gasteiger partial charge >= 0.3 is 5.97 Å². The summed E-state index contributed by atoms with van der Waals surface area (Å²) in [4.78, 5) is 11.0. The van der Waals surface area contributed by atoms with Crippen LogP contribution in [-0.2, 0) is 4.79 Å². The molecule has 1 fully saturated rings. The summed E-state index contributed by atoms with van der Waals surface area (Å²) in [6, 6.07) is 0.154. The van der Waals surface area contributed by atoms with Crippen LogP contribution in [0.4, 0.5) is 0 Å². The number of rotatable bonds is 2. The summed E-state index contributed by atoms with van der Waals surface area (Å²) in [6.07, 6.45) is 4.02. The van der Waals surface area contributed by atoms with Crippen LogP contribution in [0.25, 0.3) is 0 Å². The van der Waals surface area contributed by atoms with Gasteiger partial charge in [0.1, 0.15) is 0 Å². The van der Waals surface area contributed by atoms with Crippen molar-refractivity contribution in [2.24, 2.45) is 5.92 Å². The Kier molecular flexibility index (Phi) is 3.53. The molecule has 2 unspecified atom stereocenters. The molecule has 3 heteroatoms. The second kappa shape index (κ2) is 4.30. The number of nitrogens with one attached hydrogen (secondary N) is 1. The van der Waals surface area contributed by atoms with Gasteiger partial charge < -0.3 is 10.4 Å². The summed E-state index contributed by atoms with van der Waals surface area (Å²) in [5.74, 6) is -0.838. The minimum absolute atomic E-state index is 0.00963. The highest BCUT2D eigenvalue weighted by Gasteiger charge is 2.32. The van der Waals surface area contributed by atoms with Crippen LogP contribution in [0.2, 0.25) is 0 Å². The second-order valence-electron chi connectivity index (χ2n) is 5.23. The lowest BCUT2D eigenvalue weighted by atomic mass is 9.83. The van der Waals surface area contributed by atoms with E-state index in [1.807, 2.05) is 0 Å². The summed E-state index contributed by atoms with van der Waals surface area (Å²) in [5.41, 5.74) is 0.00963. The normalized spacial score (nSPS) is 28.8. The Bertz CT molecular complexity index is 208. The van der Waals surface area contributed by atoms with E-state index < -0.39 is 5.97 Å². The molecule has 0 aromatic carbocycles. The van der Waals surface area contributed by atoms with Crippen molar-refractivity contribution < 1.29 is 9.90 Å². The molecule has 3 nitrogen and oxygen atoms in total. The molecule has 0 saturated heterocycles. The number of aliphatic carboxylic acids is 1. The van der Waals surface area contributed by atoms with Gasteiger partial charge in [-0.15, -0.1) is 0 Å². The predicted octanol–water partition coefficient (Wildman–Crippen LogP) is 2.02. The SMILES string of the molecule is CC(C)(C)NC1CCCCC1C(=O)O. The van der Waals surface area contributed by atoms with E-state index in [1.54, 1.807) is 0 Å². The van der Waals surface area contributed by atoms with Crippen LogP contribution in [0.5, 0.6) is 0 Å². The van der Waals surface area contributed by atoms with E-state index in [0.717, 1.165) is 25.7 Å². The van der Waals surface area contributed by atoms with Crippen molar-refractivity contribution in [3.05, 3.63) is 0 Å². The monoisotopic (exact) mass is 199 g/mol. The summed E-state index contributed by atoms with van der Waals surface area (Å²) >= 11 is 0. The molecule has 82 valence electrons. The van der Waals surface area contributed by atoms with E-state index in [9.17, 15) is 4.79 Å². The largest absolute Gasteiger partial charge is 0.481 e. The van der Waals surface area contributed by atoms with Crippen LogP contribution in [0.15, 0.2) is 0 Å². The number of carboxylic acid groups (broad SMARTS) is 1. The fourth-order valence-corrected chi connectivity index (χ4v) is 2.16. The van der Waals surface area contributed by atoms with Gasteiger partial charge in [-0.3, -0.25) is 4.79 Å². The highest BCUT2D eigenvalue weighted by molar-refractivity contribution is 5.71. The Morgan fingerprint density at radius 2 is 1.86 bits per heavy atom. The topological polar surface area (TPSA) is 49.3 Å². The Labute approximate surface area is 85.9 Å². The summed E-state index contributed by atoms with van der Waals surface area (Å²) in [7, 11) is 0. The van der Waals surface area contributed by atoms with Crippen LogP contribution in [0, 0.1) is 5.92 Å². The number of carboxylic acids is 1. The molecule has 0 aromatic heterocycles. The van der Waals surface area contributed by atoms with E-state index in [0.29, 0.717) is 0 Å². The van der Waals surface area contributed by atoms with E-state index in [-0.39, 0.29) is 17.5 Å². The van der Waals surface area contributed by atoms with Crippen molar-refractivity contribution in [2.75, 3.05) is 0 Å². The van der Waals surface area contributed by atoms with Crippen molar-refractivity contribution in [3.8, 4) is 0 Å². The Hall–Kier alpha value is -0.570. The highest BCUT2D eigenvalue weighted by Crippen LogP contribution is 2.26. The lowest BCUT2D eigenvalue weighted by Gasteiger charge is -2.35. The molecule has 1 rings (SSSR count). The van der Waals surface area contributed by atoms with Gasteiger partial charge in [-0.05, 0) is 33.6 Å². The average Bonchev–Trinajstić information content (AvgIpc) is 2.01. The van der Waals surface area contributed by atoms with Gasteiger partial charge in [0.05, 0.1) is 5.92 Å². The fraction of sp³-hybridized carbons (Fsp3) is 0.909. The maximum Gasteiger partial charge on any atom is 0.308 e. The summed E-state index contributed by atoms with van der Waals surface area (Å²) in [5, 5.41) is 12.5. The van der Waals surface area contributed by atoms with Crippen molar-refractivity contribution >= 4 is 5.97 Å². The zero-order valence-electron chi connectivity index (χ0n) is 9.34. The van der Waals surface area contributed by atoms with Crippen LogP contribution >= 0.6 is 0 Å². The molecule has 2 atom stereocenters. The number of hydrogen-bond donors (Lipinski definition) is 2. The quantitative estimate of drug-likeness (QED) is 0.715. The zero-order valence-corrected chi connectivity index (χ0v) is 9.34. The molecule has 2 N–H and O–H groups in total. The Morgan fingerprint density at radius 3 is 2.36 bits per heavy atom. The third kappa shape index (κ3) is 3.29. The standard InChI is InChI=1S/C11H21NO2/c1-11(2,3)12-9-7-5-4-6-8(9)10(13)14/h8-9,12H,4-7H2,1-3H3,(H,13,14). The summed E-state index contributed by atoms with van der Waals surface area (Å²) in [6.45, 7) is 6.25. The lowest BCUT2D eigenvalue weighted by molar-refractivity contribution is -0.144. The first-order chi connectivity index (χ1) is 6.40. The molecule has 0 heterocycles.